The van der Waals surface area contributed by atoms with Crippen molar-refractivity contribution in [3.05, 3.63) is 65.2 Å². The number of aryl methyl sites for hydroxylation is 1. The second-order valence-electron chi connectivity index (χ2n) is 7.38. The van der Waals surface area contributed by atoms with Crippen molar-refractivity contribution in [2.24, 2.45) is 11.0 Å². The molecule has 1 atom stereocenters. The van der Waals surface area contributed by atoms with Gasteiger partial charge in [-0.2, -0.15) is 5.10 Å². The minimum atomic E-state index is -3.43. The summed E-state index contributed by atoms with van der Waals surface area (Å²) in [5, 5.41) is 6.19. The molecule has 1 N–H and O–H groups in total. The van der Waals surface area contributed by atoms with Gasteiger partial charge in [0.25, 0.3) is 0 Å². The van der Waals surface area contributed by atoms with Crippen molar-refractivity contribution < 1.29 is 13.2 Å². The maximum atomic E-state index is 12.8. The van der Waals surface area contributed by atoms with Crippen molar-refractivity contribution in [3.8, 4) is 0 Å². The number of amides is 1. The first-order valence-electron chi connectivity index (χ1n) is 9.20. The van der Waals surface area contributed by atoms with Gasteiger partial charge in [0, 0.05) is 17.9 Å². The van der Waals surface area contributed by atoms with Crippen molar-refractivity contribution in [2.75, 3.05) is 11.0 Å². The van der Waals surface area contributed by atoms with Crippen LogP contribution in [0.4, 0.5) is 5.69 Å². The number of nitrogens with one attached hydrogen (secondary N) is 1. The number of benzene rings is 2. The van der Waals surface area contributed by atoms with Gasteiger partial charge in [0.05, 0.1) is 23.7 Å². The Labute approximate surface area is 166 Å². The average molecular weight is 400 g/mol. The number of carbonyl (C=O) groups is 1. The third-order valence-electron chi connectivity index (χ3n) is 4.71. The zero-order valence-corrected chi connectivity index (χ0v) is 17.3. The second kappa shape index (κ2) is 7.75. The van der Waals surface area contributed by atoms with Crippen LogP contribution in [0.3, 0.4) is 0 Å². The molecule has 7 heteroatoms. The lowest BCUT2D eigenvalue weighted by Crippen LogP contribution is -2.30. The molecule has 28 heavy (non-hydrogen) atoms. The molecule has 0 radical (unpaired) electrons. The number of anilines is 1. The number of sulfonamides is 1. The summed E-state index contributed by atoms with van der Waals surface area (Å²) in [5.41, 5.74) is 3.97. The summed E-state index contributed by atoms with van der Waals surface area (Å²) in [7, 11) is -3.43. The zero-order chi connectivity index (χ0) is 20.5. The molecule has 3 rings (SSSR count). The molecule has 2 aromatic carbocycles. The van der Waals surface area contributed by atoms with E-state index >= 15 is 0 Å². The number of nitrogens with zero attached hydrogens (tertiary/aromatic N) is 2. The highest BCUT2D eigenvalue weighted by molar-refractivity contribution is 7.92. The summed E-state index contributed by atoms with van der Waals surface area (Å²) in [4.78, 5) is 12.8. The van der Waals surface area contributed by atoms with Crippen LogP contribution in [-0.4, -0.2) is 31.3 Å². The summed E-state index contributed by atoms with van der Waals surface area (Å²) in [5.74, 6) is -0.254. The molecular weight excluding hydrogens is 374 g/mol. The topological polar surface area (TPSA) is 78.8 Å². The van der Waals surface area contributed by atoms with Gasteiger partial charge in [-0.15, -0.1) is 0 Å². The van der Waals surface area contributed by atoms with E-state index in [0.717, 1.165) is 17.4 Å². The Morgan fingerprint density at radius 3 is 2.43 bits per heavy atom. The van der Waals surface area contributed by atoms with E-state index in [0.29, 0.717) is 23.4 Å². The van der Waals surface area contributed by atoms with Crippen LogP contribution < -0.4 is 4.72 Å². The molecular formula is C21H25N3O3S. The monoisotopic (exact) mass is 399 g/mol. The molecule has 148 valence electrons. The SMILES string of the molecule is Cc1ccccc1[C@H]1CC(c2ccccc2NS(C)(=O)=O)=NN1C(=O)C(C)C. The lowest BCUT2D eigenvalue weighted by molar-refractivity contribution is -0.136. The van der Waals surface area contributed by atoms with E-state index in [4.69, 9.17) is 0 Å². The molecule has 0 spiro atoms. The Kier molecular flexibility index (Phi) is 5.56. The van der Waals surface area contributed by atoms with Gasteiger partial charge in [-0.3, -0.25) is 9.52 Å². The minimum absolute atomic E-state index is 0.0585. The lowest BCUT2D eigenvalue weighted by Gasteiger charge is -2.24. The highest BCUT2D eigenvalue weighted by Gasteiger charge is 2.35. The molecule has 1 heterocycles. The van der Waals surface area contributed by atoms with E-state index in [2.05, 4.69) is 9.82 Å². The molecule has 0 unspecified atom stereocenters. The summed E-state index contributed by atoms with van der Waals surface area (Å²) in [6.07, 6.45) is 1.64. The van der Waals surface area contributed by atoms with E-state index in [1.54, 1.807) is 17.1 Å². The Morgan fingerprint density at radius 2 is 1.79 bits per heavy atom. The molecule has 0 bridgehead atoms. The van der Waals surface area contributed by atoms with Gasteiger partial charge in [0.1, 0.15) is 0 Å². The molecule has 0 aliphatic carbocycles. The van der Waals surface area contributed by atoms with Crippen LogP contribution in [-0.2, 0) is 14.8 Å². The summed E-state index contributed by atoms with van der Waals surface area (Å²) < 4.78 is 26.0. The minimum Gasteiger partial charge on any atom is -0.283 e. The Balaban J connectivity index is 2.05. The van der Waals surface area contributed by atoms with Crippen LogP contribution in [0.2, 0.25) is 0 Å². The number of hydrogen-bond donors (Lipinski definition) is 1. The van der Waals surface area contributed by atoms with E-state index < -0.39 is 10.0 Å². The fraction of sp³-hybridized carbons (Fsp3) is 0.333. The molecule has 0 saturated heterocycles. The number of rotatable bonds is 5. The van der Waals surface area contributed by atoms with Crippen molar-refractivity contribution in [3.63, 3.8) is 0 Å². The molecule has 6 nitrogen and oxygen atoms in total. The Hall–Kier alpha value is -2.67. The number of hydrogen-bond acceptors (Lipinski definition) is 4. The van der Waals surface area contributed by atoms with Gasteiger partial charge in [-0.25, -0.2) is 13.4 Å². The molecule has 1 aliphatic rings. The van der Waals surface area contributed by atoms with Crippen LogP contribution in [0.5, 0.6) is 0 Å². The van der Waals surface area contributed by atoms with E-state index in [1.807, 2.05) is 57.2 Å². The fourth-order valence-corrected chi connectivity index (χ4v) is 3.94. The van der Waals surface area contributed by atoms with Crippen molar-refractivity contribution in [1.29, 1.82) is 0 Å². The lowest BCUT2D eigenvalue weighted by atomic mass is 9.94. The molecule has 0 aromatic heterocycles. The van der Waals surface area contributed by atoms with Gasteiger partial charge in [0.2, 0.25) is 15.9 Å². The van der Waals surface area contributed by atoms with E-state index in [-0.39, 0.29) is 17.9 Å². The smallest absolute Gasteiger partial charge is 0.245 e. The second-order valence-corrected chi connectivity index (χ2v) is 9.13. The molecule has 0 saturated carbocycles. The molecule has 1 aliphatic heterocycles. The van der Waals surface area contributed by atoms with Gasteiger partial charge >= 0.3 is 0 Å². The first-order chi connectivity index (χ1) is 13.2. The van der Waals surface area contributed by atoms with Crippen molar-refractivity contribution in [2.45, 2.75) is 33.2 Å². The fourth-order valence-electron chi connectivity index (χ4n) is 3.37. The van der Waals surface area contributed by atoms with Crippen LogP contribution >= 0.6 is 0 Å². The predicted octanol–water partition coefficient (Wildman–Crippen LogP) is 3.70. The summed E-state index contributed by atoms with van der Waals surface area (Å²) in [6.45, 7) is 5.72. The van der Waals surface area contributed by atoms with Crippen LogP contribution in [0.1, 0.15) is 43.0 Å². The average Bonchev–Trinajstić information content (AvgIpc) is 3.05. The van der Waals surface area contributed by atoms with E-state index in [1.165, 1.54) is 0 Å². The summed E-state index contributed by atoms with van der Waals surface area (Å²) >= 11 is 0. The first kappa shape index (κ1) is 20.1. The number of para-hydroxylation sites is 1. The Bertz CT molecular complexity index is 1030. The highest BCUT2D eigenvalue weighted by Crippen LogP contribution is 2.36. The molecule has 0 fully saturated rings. The van der Waals surface area contributed by atoms with Gasteiger partial charge in [0.15, 0.2) is 0 Å². The third kappa shape index (κ3) is 4.25. The maximum absolute atomic E-state index is 12.8. The van der Waals surface area contributed by atoms with Gasteiger partial charge < -0.3 is 0 Å². The summed E-state index contributed by atoms with van der Waals surface area (Å²) in [6, 6.07) is 14.9. The quantitative estimate of drug-likeness (QED) is 0.833. The standard InChI is InChI=1S/C21H25N3O3S/c1-14(2)21(25)24-20(16-10-6-5-9-15(16)3)13-19(22-24)17-11-7-8-12-18(17)23-28(4,26)27/h5-12,14,20,23H,13H2,1-4H3/t20-/m1/s1. The largest absolute Gasteiger partial charge is 0.283 e. The normalized spacial score (nSPS) is 17.0. The zero-order valence-electron chi connectivity index (χ0n) is 16.5. The third-order valence-corrected chi connectivity index (χ3v) is 5.30. The molecule has 1 amide bonds. The van der Waals surface area contributed by atoms with Gasteiger partial charge in [-0.05, 0) is 24.1 Å². The maximum Gasteiger partial charge on any atom is 0.245 e. The van der Waals surface area contributed by atoms with Crippen molar-refractivity contribution >= 4 is 27.3 Å². The molecule has 2 aromatic rings. The van der Waals surface area contributed by atoms with Crippen LogP contribution in [0, 0.1) is 12.8 Å². The van der Waals surface area contributed by atoms with Crippen molar-refractivity contribution in [1.82, 2.24) is 5.01 Å². The predicted molar refractivity (Wildman–Crippen MR) is 112 cm³/mol. The Morgan fingerprint density at radius 1 is 1.14 bits per heavy atom. The first-order valence-corrected chi connectivity index (χ1v) is 11.1. The number of carbonyl (C=O) groups excluding carboxylic acids is 1. The number of hydrazone groups is 1. The highest BCUT2D eigenvalue weighted by atomic mass is 32.2. The van der Waals surface area contributed by atoms with E-state index in [9.17, 15) is 13.2 Å². The van der Waals surface area contributed by atoms with Gasteiger partial charge in [-0.1, -0.05) is 56.3 Å². The van der Waals surface area contributed by atoms with Crippen LogP contribution in [0.25, 0.3) is 0 Å². The van der Waals surface area contributed by atoms with Crippen LogP contribution in [0.15, 0.2) is 53.6 Å².